The van der Waals surface area contributed by atoms with Gasteiger partial charge in [0.25, 0.3) is 0 Å². The van der Waals surface area contributed by atoms with Crippen molar-refractivity contribution < 1.29 is 4.74 Å². The van der Waals surface area contributed by atoms with Crippen molar-refractivity contribution in [2.75, 3.05) is 30.3 Å². The predicted molar refractivity (Wildman–Crippen MR) is 69.8 cm³/mol. The van der Waals surface area contributed by atoms with Crippen LogP contribution in [0.15, 0.2) is 24.3 Å². The van der Waals surface area contributed by atoms with E-state index >= 15 is 0 Å². The van der Waals surface area contributed by atoms with Crippen LogP contribution in [0.3, 0.4) is 0 Å². The molecule has 0 bridgehead atoms. The van der Waals surface area contributed by atoms with Crippen LogP contribution in [0.4, 0.5) is 11.4 Å². The zero-order chi connectivity index (χ0) is 12.0. The molecule has 0 fully saturated rings. The molecule has 3 heteroatoms. The lowest BCUT2D eigenvalue weighted by Gasteiger charge is -2.24. The number of hydrogen-bond acceptors (Lipinski definition) is 3. The number of ether oxygens (including phenoxy) is 1. The first kappa shape index (κ1) is 12.8. The fourth-order valence-electron chi connectivity index (χ4n) is 1.62. The Hall–Kier alpha value is -1.22. The van der Waals surface area contributed by atoms with E-state index in [1.165, 1.54) is 0 Å². The van der Waals surface area contributed by atoms with Crippen LogP contribution in [0.2, 0.25) is 0 Å². The summed E-state index contributed by atoms with van der Waals surface area (Å²) in [5.74, 6) is 0. The molecule has 0 radical (unpaired) electrons. The Bertz CT molecular complexity index is 313. The minimum atomic E-state index is 0.284. The van der Waals surface area contributed by atoms with E-state index in [9.17, 15) is 0 Å². The highest BCUT2D eigenvalue weighted by Crippen LogP contribution is 2.21. The molecule has 3 nitrogen and oxygen atoms in total. The minimum absolute atomic E-state index is 0.284. The van der Waals surface area contributed by atoms with Gasteiger partial charge in [-0.1, -0.05) is 12.1 Å². The summed E-state index contributed by atoms with van der Waals surface area (Å²) in [6.45, 7) is 8.78. The van der Waals surface area contributed by atoms with Crippen LogP contribution in [-0.4, -0.2) is 25.8 Å². The van der Waals surface area contributed by atoms with Gasteiger partial charge in [-0.05, 0) is 32.9 Å². The molecule has 0 saturated carbocycles. The van der Waals surface area contributed by atoms with E-state index in [1.54, 1.807) is 0 Å². The molecule has 0 aliphatic rings. The van der Waals surface area contributed by atoms with Crippen molar-refractivity contribution in [2.24, 2.45) is 0 Å². The molecule has 0 saturated heterocycles. The predicted octanol–water partition coefficient (Wildman–Crippen LogP) is 2.52. The van der Waals surface area contributed by atoms with E-state index in [0.717, 1.165) is 31.1 Å². The zero-order valence-corrected chi connectivity index (χ0v) is 10.4. The van der Waals surface area contributed by atoms with Crippen LogP contribution in [0.5, 0.6) is 0 Å². The molecule has 2 N–H and O–H groups in total. The molecule has 0 aromatic heterocycles. The second-order valence-electron chi connectivity index (χ2n) is 4.06. The van der Waals surface area contributed by atoms with Crippen molar-refractivity contribution in [1.82, 2.24) is 0 Å². The number of para-hydroxylation sites is 2. The molecule has 0 heterocycles. The van der Waals surface area contributed by atoms with Gasteiger partial charge in [0.1, 0.15) is 0 Å². The molecule has 0 spiro atoms. The van der Waals surface area contributed by atoms with Crippen molar-refractivity contribution in [1.29, 1.82) is 0 Å². The minimum Gasteiger partial charge on any atom is -0.397 e. The normalized spacial score (nSPS) is 10.8. The van der Waals surface area contributed by atoms with Crippen molar-refractivity contribution in [2.45, 2.75) is 26.9 Å². The number of nitrogens with two attached hydrogens (primary N) is 1. The standard InChI is InChI=1S/C13H22N2O/c1-4-15(9-10-16-11(2)3)13-8-6-5-7-12(13)14/h5-8,11H,4,9-10,14H2,1-3H3. The highest BCUT2D eigenvalue weighted by atomic mass is 16.5. The van der Waals surface area contributed by atoms with Gasteiger partial charge in [-0.3, -0.25) is 0 Å². The van der Waals surface area contributed by atoms with Crippen LogP contribution in [0.25, 0.3) is 0 Å². The molecule has 90 valence electrons. The summed E-state index contributed by atoms with van der Waals surface area (Å²) in [5, 5.41) is 0. The van der Waals surface area contributed by atoms with Gasteiger partial charge in [0.05, 0.1) is 24.1 Å². The Kier molecular flexibility index (Phi) is 5.12. The molecule has 0 aliphatic carbocycles. The van der Waals surface area contributed by atoms with Gasteiger partial charge in [0.2, 0.25) is 0 Å². The summed E-state index contributed by atoms with van der Waals surface area (Å²) in [5.41, 5.74) is 7.87. The summed E-state index contributed by atoms with van der Waals surface area (Å²) >= 11 is 0. The Morgan fingerprint density at radius 3 is 2.56 bits per heavy atom. The van der Waals surface area contributed by atoms with E-state index in [1.807, 2.05) is 38.1 Å². The second kappa shape index (κ2) is 6.38. The third kappa shape index (κ3) is 3.74. The van der Waals surface area contributed by atoms with E-state index in [-0.39, 0.29) is 6.10 Å². The number of hydrogen-bond donors (Lipinski definition) is 1. The number of benzene rings is 1. The second-order valence-corrected chi connectivity index (χ2v) is 4.06. The summed E-state index contributed by atoms with van der Waals surface area (Å²) in [6.07, 6.45) is 0.284. The smallest absolute Gasteiger partial charge is 0.0645 e. The van der Waals surface area contributed by atoms with Gasteiger partial charge < -0.3 is 15.4 Å². The molecular weight excluding hydrogens is 200 g/mol. The maximum absolute atomic E-state index is 5.95. The first-order valence-electron chi connectivity index (χ1n) is 5.86. The van der Waals surface area contributed by atoms with Crippen LogP contribution in [0.1, 0.15) is 20.8 Å². The SMILES string of the molecule is CCN(CCOC(C)C)c1ccccc1N. The lowest BCUT2D eigenvalue weighted by molar-refractivity contribution is 0.0842. The van der Waals surface area contributed by atoms with Gasteiger partial charge in [0, 0.05) is 13.1 Å². The summed E-state index contributed by atoms with van der Waals surface area (Å²) < 4.78 is 5.55. The fraction of sp³-hybridized carbons (Fsp3) is 0.538. The highest BCUT2D eigenvalue weighted by molar-refractivity contribution is 5.67. The fourth-order valence-corrected chi connectivity index (χ4v) is 1.62. The average molecular weight is 222 g/mol. The monoisotopic (exact) mass is 222 g/mol. The topological polar surface area (TPSA) is 38.5 Å². The summed E-state index contributed by atoms with van der Waals surface area (Å²) in [6, 6.07) is 7.95. The third-order valence-electron chi connectivity index (χ3n) is 2.47. The molecular formula is C13H22N2O. The van der Waals surface area contributed by atoms with Crippen molar-refractivity contribution in [3.63, 3.8) is 0 Å². The first-order valence-corrected chi connectivity index (χ1v) is 5.86. The summed E-state index contributed by atoms with van der Waals surface area (Å²) in [7, 11) is 0. The Labute approximate surface area is 98.2 Å². The highest BCUT2D eigenvalue weighted by Gasteiger charge is 2.07. The first-order chi connectivity index (χ1) is 7.65. The van der Waals surface area contributed by atoms with Crippen molar-refractivity contribution in [3.05, 3.63) is 24.3 Å². The molecule has 1 aromatic rings. The zero-order valence-electron chi connectivity index (χ0n) is 10.4. The van der Waals surface area contributed by atoms with E-state index in [2.05, 4.69) is 11.8 Å². The quantitative estimate of drug-likeness (QED) is 0.752. The maximum Gasteiger partial charge on any atom is 0.0645 e. The van der Waals surface area contributed by atoms with E-state index in [4.69, 9.17) is 10.5 Å². The van der Waals surface area contributed by atoms with Gasteiger partial charge >= 0.3 is 0 Å². The molecule has 16 heavy (non-hydrogen) atoms. The molecule has 1 rings (SSSR count). The van der Waals surface area contributed by atoms with Crippen molar-refractivity contribution >= 4 is 11.4 Å². The largest absolute Gasteiger partial charge is 0.397 e. The number of anilines is 2. The number of rotatable bonds is 6. The van der Waals surface area contributed by atoms with Gasteiger partial charge in [-0.15, -0.1) is 0 Å². The molecule has 0 atom stereocenters. The van der Waals surface area contributed by atoms with Gasteiger partial charge in [-0.25, -0.2) is 0 Å². The third-order valence-corrected chi connectivity index (χ3v) is 2.47. The van der Waals surface area contributed by atoms with Crippen LogP contribution in [0, 0.1) is 0 Å². The van der Waals surface area contributed by atoms with E-state index < -0.39 is 0 Å². The number of nitrogens with zero attached hydrogens (tertiary/aromatic N) is 1. The maximum atomic E-state index is 5.95. The van der Waals surface area contributed by atoms with Crippen LogP contribution >= 0.6 is 0 Å². The number of nitrogen functional groups attached to an aromatic ring is 1. The van der Waals surface area contributed by atoms with Crippen LogP contribution < -0.4 is 10.6 Å². The van der Waals surface area contributed by atoms with Crippen molar-refractivity contribution in [3.8, 4) is 0 Å². The average Bonchev–Trinajstić information content (AvgIpc) is 2.25. The van der Waals surface area contributed by atoms with E-state index in [0.29, 0.717) is 0 Å². The van der Waals surface area contributed by atoms with Crippen LogP contribution in [-0.2, 0) is 4.74 Å². The lowest BCUT2D eigenvalue weighted by Crippen LogP contribution is -2.28. The van der Waals surface area contributed by atoms with Gasteiger partial charge in [-0.2, -0.15) is 0 Å². The molecule has 1 aromatic carbocycles. The lowest BCUT2D eigenvalue weighted by atomic mass is 10.2. The number of likely N-dealkylation sites (N-methyl/N-ethyl adjacent to an activating group) is 1. The Morgan fingerprint density at radius 2 is 2.00 bits per heavy atom. The van der Waals surface area contributed by atoms with Gasteiger partial charge in [0.15, 0.2) is 0 Å². The Morgan fingerprint density at radius 1 is 1.31 bits per heavy atom. The summed E-state index contributed by atoms with van der Waals surface area (Å²) in [4.78, 5) is 2.23. The Balaban J connectivity index is 2.57. The molecule has 0 amide bonds. The molecule has 0 unspecified atom stereocenters. The molecule has 0 aliphatic heterocycles.